The number of carbonyl (C=O) groups excluding carboxylic acids is 3. The second kappa shape index (κ2) is 11.3. The van der Waals surface area contributed by atoms with E-state index in [1.54, 1.807) is 12.1 Å². The van der Waals surface area contributed by atoms with Gasteiger partial charge >= 0.3 is 0 Å². The van der Waals surface area contributed by atoms with Crippen LogP contribution in [0.15, 0.2) is 42.5 Å². The van der Waals surface area contributed by atoms with Crippen molar-refractivity contribution in [2.75, 3.05) is 26.2 Å². The number of fused-ring (bicyclic) bond motifs is 1. The van der Waals surface area contributed by atoms with Crippen LogP contribution in [0.5, 0.6) is 5.75 Å². The van der Waals surface area contributed by atoms with Crippen molar-refractivity contribution < 1.29 is 23.3 Å². The molecule has 0 aliphatic carbocycles. The summed E-state index contributed by atoms with van der Waals surface area (Å²) in [7, 11) is -0.908. The summed E-state index contributed by atoms with van der Waals surface area (Å²) in [6.45, 7) is 8.94. The van der Waals surface area contributed by atoms with Gasteiger partial charge in [-0.2, -0.15) is 0 Å². The Balaban J connectivity index is 1.16. The zero-order chi connectivity index (χ0) is 26.8. The first-order valence-electron chi connectivity index (χ1n) is 13.2. The molecule has 2 aromatic carbocycles. The van der Waals surface area contributed by atoms with E-state index in [1.165, 1.54) is 10.5 Å². The van der Waals surface area contributed by atoms with Crippen molar-refractivity contribution in [2.45, 2.75) is 57.7 Å². The van der Waals surface area contributed by atoms with E-state index in [0.717, 1.165) is 43.9 Å². The number of piperazine rings is 1. The van der Waals surface area contributed by atoms with Crippen molar-refractivity contribution in [3.63, 3.8) is 0 Å². The lowest BCUT2D eigenvalue weighted by molar-refractivity contribution is -0.136. The number of imide groups is 1. The molecule has 0 aromatic heterocycles. The first-order valence-corrected chi connectivity index (χ1v) is 14.3. The van der Waals surface area contributed by atoms with Gasteiger partial charge in [-0.15, -0.1) is 0 Å². The smallest absolute Gasteiger partial charge is 0.255 e. The van der Waals surface area contributed by atoms with E-state index in [9.17, 15) is 18.6 Å². The second-order valence-electron chi connectivity index (χ2n) is 10.3. The van der Waals surface area contributed by atoms with E-state index in [2.05, 4.69) is 38.8 Å². The van der Waals surface area contributed by atoms with Crippen molar-refractivity contribution in [1.29, 1.82) is 0 Å². The quantitative estimate of drug-likeness (QED) is 0.518. The van der Waals surface area contributed by atoms with Gasteiger partial charge in [0.15, 0.2) is 0 Å². The third-order valence-corrected chi connectivity index (χ3v) is 9.03. The molecular weight excluding hydrogens is 504 g/mol. The molecule has 2 unspecified atom stereocenters. The van der Waals surface area contributed by atoms with Gasteiger partial charge in [-0.1, -0.05) is 30.3 Å². The second-order valence-corrected chi connectivity index (χ2v) is 12.3. The van der Waals surface area contributed by atoms with E-state index < -0.39 is 22.9 Å². The van der Waals surface area contributed by atoms with Gasteiger partial charge in [0.1, 0.15) is 18.4 Å². The molecule has 3 amide bonds. The third-order valence-electron chi connectivity index (χ3n) is 7.35. The van der Waals surface area contributed by atoms with E-state index >= 15 is 0 Å². The Kier molecular flexibility index (Phi) is 7.92. The molecule has 2 atom stereocenters. The number of amides is 3. The van der Waals surface area contributed by atoms with Crippen molar-refractivity contribution in [1.82, 2.24) is 19.4 Å². The maximum atomic E-state index is 13.0. The fraction of sp³-hybridized carbons (Fsp3) is 0.464. The standard InChI is InChI=1S/C28H34N4O5S/c1-19(2)38(36)31-14-12-30(13-15-31)16-20-6-8-21(9-7-20)18-37-25-5-3-4-22-23(25)17-32(28(22)35)24-10-11-26(33)29-27(24)34/h3-9,19,24H,10-18H2,1-2H3,(H,29,33,34). The zero-order valence-electron chi connectivity index (χ0n) is 21.9. The lowest BCUT2D eigenvalue weighted by atomic mass is 10.0. The van der Waals surface area contributed by atoms with Crippen LogP contribution in [0.3, 0.4) is 0 Å². The molecule has 0 bridgehead atoms. The summed E-state index contributed by atoms with van der Waals surface area (Å²) in [6, 6.07) is 13.1. The highest BCUT2D eigenvalue weighted by molar-refractivity contribution is 7.83. The Morgan fingerprint density at radius 3 is 2.39 bits per heavy atom. The summed E-state index contributed by atoms with van der Waals surface area (Å²) >= 11 is 0. The highest BCUT2D eigenvalue weighted by Crippen LogP contribution is 2.34. The molecule has 38 heavy (non-hydrogen) atoms. The van der Waals surface area contributed by atoms with Gasteiger partial charge in [0, 0.05) is 55.5 Å². The summed E-state index contributed by atoms with van der Waals surface area (Å²) in [6.07, 6.45) is 0.561. The normalized spacial score (nSPS) is 21.5. The number of nitrogens with zero attached hydrogens (tertiary/aromatic N) is 3. The number of hydrogen-bond donors (Lipinski definition) is 1. The fourth-order valence-corrected chi connectivity index (χ4v) is 6.34. The Labute approximate surface area is 225 Å². The van der Waals surface area contributed by atoms with Crippen LogP contribution in [0.1, 0.15) is 53.7 Å². The number of hydrogen-bond acceptors (Lipinski definition) is 6. The van der Waals surface area contributed by atoms with Crippen LogP contribution >= 0.6 is 0 Å². The molecular formula is C28H34N4O5S. The predicted octanol–water partition coefficient (Wildman–Crippen LogP) is 2.22. The Morgan fingerprint density at radius 2 is 1.71 bits per heavy atom. The van der Waals surface area contributed by atoms with Crippen LogP contribution in [0, 0.1) is 0 Å². The van der Waals surface area contributed by atoms with E-state index in [4.69, 9.17) is 4.74 Å². The number of nitrogens with one attached hydrogen (secondary N) is 1. The van der Waals surface area contributed by atoms with Crippen molar-refractivity contribution in [3.8, 4) is 5.75 Å². The SMILES string of the molecule is CC(C)S(=O)N1CCN(Cc2ccc(COc3cccc4c3CN(C3CCC(=O)NC3=O)C4=O)cc2)CC1. The Hall–Kier alpha value is -3.08. The molecule has 5 rings (SSSR count). The molecule has 202 valence electrons. The maximum absolute atomic E-state index is 13.0. The molecule has 2 fully saturated rings. The monoisotopic (exact) mass is 538 g/mol. The summed E-state index contributed by atoms with van der Waals surface area (Å²) in [4.78, 5) is 40.8. The third kappa shape index (κ3) is 5.67. The van der Waals surface area contributed by atoms with E-state index in [-0.39, 0.29) is 30.0 Å². The Morgan fingerprint density at radius 1 is 1.00 bits per heavy atom. The molecule has 2 aromatic rings. The minimum Gasteiger partial charge on any atom is -0.489 e. The predicted molar refractivity (Wildman–Crippen MR) is 143 cm³/mol. The van der Waals surface area contributed by atoms with E-state index in [0.29, 0.717) is 24.3 Å². The van der Waals surface area contributed by atoms with Crippen LogP contribution in [-0.2, 0) is 40.3 Å². The topological polar surface area (TPSA) is 99.3 Å². The highest BCUT2D eigenvalue weighted by Gasteiger charge is 2.40. The van der Waals surface area contributed by atoms with Gasteiger partial charge in [-0.3, -0.25) is 24.6 Å². The minimum atomic E-state index is -0.908. The highest BCUT2D eigenvalue weighted by atomic mass is 32.2. The minimum absolute atomic E-state index is 0.151. The zero-order valence-corrected chi connectivity index (χ0v) is 22.7. The largest absolute Gasteiger partial charge is 0.489 e. The number of ether oxygens (including phenoxy) is 1. The molecule has 10 heteroatoms. The summed E-state index contributed by atoms with van der Waals surface area (Å²) < 4.78 is 20.5. The first-order chi connectivity index (χ1) is 18.3. The lowest BCUT2D eigenvalue weighted by Crippen LogP contribution is -2.52. The summed E-state index contributed by atoms with van der Waals surface area (Å²) in [5.41, 5.74) is 3.56. The Bertz CT molecular complexity index is 1240. The molecule has 9 nitrogen and oxygen atoms in total. The van der Waals surface area contributed by atoms with Crippen LogP contribution in [0.25, 0.3) is 0 Å². The van der Waals surface area contributed by atoms with Crippen molar-refractivity contribution in [2.24, 2.45) is 0 Å². The molecule has 2 saturated heterocycles. The maximum Gasteiger partial charge on any atom is 0.255 e. The number of benzene rings is 2. The summed E-state index contributed by atoms with van der Waals surface area (Å²) in [5, 5.41) is 2.49. The van der Waals surface area contributed by atoms with Crippen molar-refractivity contribution >= 4 is 28.7 Å². The molecule has 3 aliphatic heterocycles. The average Bonchev–Trinajstić information content (AvgIpc) is 3.25. The van der Waals surface area contributed by atoms with Gasteiger partial charge in [0.2, 0.25) is 11.8 Å². The van der Waals surface area contributed by atoms with Crippen LogP contribution < -0.4 is 10.1 Å². The lowest BCUT2D eigenvalue weighted by Gasteiger charge is -2.34. The van der Waals surface area contributed by atoms with E-state index in [1.807, 2.05) is 19.9 Å². The van der Waals surface area contributed by atoms with Gasteiger partial charge in [0.25, 0.3) is 5.91 Å². The number of carbonyl (C=O) groups is 3. The van der Waals surface area contributed by atoms with Crippen LogP contribution in [0.2, 0.25) is 0 Å². The number of rotatable bonds is 8. The van der Waals surface area contributed by atoms with Gasteiger partial charge < -0.3 is 9.64 Å². The van der Waals surface area contributed by atoms with Crippen LogP contribution in [0.4, 0.5) is 0 Å². The van der Waals surface area contributed by atoms with Gasteiger partial charge in [-0.25, -0.2) is 8.51 Å². The molecule has 0 spiro atoms. The fourth-order valence-electron chi connectivity index (χ4n) is 5.22. The molecule has 3 aliphatic rings. The molecule has 1 N–H and O–H groups in total. The number of piperidine rings is 1. The average molecular weight is 539 g/mol. The van der Waals surface area contributed by atoms with Gasteiger partial charge in [-0.05, 0) is 43.5 Å². The van der Waals surface area contributed by atoms with Crippen molar-refractivity contribution in [3.05, 3.63) is 64.7 Å². The van der Waals surface area contributed by atoms with Gasteiger partial charge in [0.05, 0.1) is 17.5 Å². The first kappa shape index (κ1) is 26.5. The molecule has 0 saturated carbocycles. The molecule has 3 heterocycles. The van der Waals surface area contributed by atoms with Crippen LogP contribution in [-0.4, -0.2) is 73.5 Å². The summed E-state index contributed by atoms with van der Waals surface area (Å²) in [5.74, 6) is -0.295. The molecule has 0 radical (unpaired) electrons.